The summed E-state index contributed by atoms with van der Waals surface area (Å²) in [5.74, 6) is -7.03. The molecule has 222 valence electrons. The van der Waals surface area contributed by atoms with E-state index < -0.39 is 55.5 Å². The number of carbonyl (C=O) groups excluding carboxylic acids is 4. The fourth-order valence-electron chi connectivity index (χ4n) is 5.63. The van der Waals surface area contributed by atoms with Gasteiger partial charge in [0.05, 0.1) is 32.5 Å². The van der Waals surface area contributed by atoms with Crippen molar-refractivity contribution in [3.63, 3.8) is 0 Å². The summed E-state index contributed by atoms with van der Waals surface area (Å²) in [6, 6.07) is 8.22. The number of hydrazine groups is 1. The van der Waals surface area contributed by atoms with Gasteiger partial charge >= 0.3 is 0 Å². The smallest absolute Gasteiger partial charge is 0.275 e. The van der Waals surface area contributed by atoms with Gasteiger partial charge in [-0.1, -0.05) is 81.2 Å². The van der Waals surface area contributed by atoms with E-state index in [1.165, 1.54) is 42.5 Å². The van der Waals surface area contributed by atoms with E-state index in [9.17, 15) is 19.2 Å². The summed E-state index contributed by atoms with van der Waals surface area (Å²) < 4.78 is -2.20. The summed E-state index contributed by atoms with van der Waals surface area (Å²) in [5.41, 5.74) is -0.0608. The molecule has 2 aromatic rings. The number of ketones is 1. The molecule has 0 spiro atoms. The summed E-state index contributed by atoms with van der Waals surface area (Å²) in [7, 11) is 0. The molecule has 42 heavy (non-hydrogen) atoms. The third kappa shape index (κ3) is 4.35. The maximum Gasteiger partial charge on any atom is 0.275 e. The number of allylic oxidation sites excluding steroid dienone is 2. The van der Waals surface area contributed by atoms with E-state index in [2.05, 4.69) is 0 Å². The monoisotopic (exact) mass is 768 g/mol. The Hall–Kier alpha value is -0.640. The minimum absolute atomic E-state index is 0.114. The fraction of sp³-hybridized carbons (Fsp3) is 0.308. The van der Waals surface area contributed by atoms with E-state index in [1.807, 2.05) is 0 Å². The molecular formula is C26H14Cl10N2O4. The average molecular weight is 773 g/mol. The van der Waals surface area contributed by atoms with E-state index in [1.54, 1.807) is 0 Å². The first-order valence-corrected chi connectivity index (χ1v) is 15.8. The predicted octanol–water partition coefficient (Wildman–Crippen LogP) is 8.33. The standard InChI is InChI=1S/C26H14Cl10N2O4/c27-8-7-15(18(39)10-1-3-11(28)4-2-10)37(21(40)13-6-5-12(29)9-14(13)30)38-22(41)16-17(23(38)42)25(34)20(32)19(31)24(16,33)26(25,35)36/h1-6,9,15-17H,7-8H2/t15-,16-,17+,24+,25+/m0/s1. The number of alkyl halides is 5. The van der Waals surface area contributed by atoms with Gasteiger partial charge in [-0.2, -0.15) is 5.01 Å². The molecule has 3 aliphatic rings. The van der Waals surface area contributed by atoms with E-state index in [4.69, 9.17) is 116 Å². The SMILES string of the molecule is O=C(c1ccc(Cl)cc1)[C@H](CCCl)N(C(=O)c1ccc(Cl)cc1Cl)N1C(=O)[C@@H]2[C@H](C1=O)[C@@]1(Cl)C(Cl)=C(Cl)[C@@]2(Cl)C1(Cl)Cl. The Balaban J connectivity index is 1.69. The van der Waals surface area contributed by atoms with Gasteiger partial charge in [-0.25, -0.2) is 5.01 Å². The van der Waals surface area contributed by atoms with Crippen LogP contribution < -0.4 is 0 Å². The number of Topliss-reactive ketones (excluding diaryl/α,β-unsaturated/α-hetero) is 1. The molecule has 0 aromatic heterocycles. The highest BCUT2D eigenvalue weighted by atomic mass is 35.5. The van der Waals surface area contributed by atoms with Crippen molar-refractivity contribution in [3.8, 4) is 0 Å². The van der Waals surface area contributed by atoms with Crippen molar-refractivity contribution in [1.82, 2.24) is 10.0 Å². The fourth-order valence-corrected chi connectivity index (χ4v) is 9.38. The van der Waals surface area contributed by atoms with Crippen molar-refractivity contribution in [2.45, 2.75) is 26.5 Å². The van der Waals surface area contributed by atoms with Crippen LogP contribution in [-0.2, 0) is 9.59 Å². The van der Waals surface area contributed by atoms with Crippen LogP contribution in [0.25, 0.3) is 0 Å². The van der Waals surface area contributed by atoms with E-state index in [0.717, 1.165) is 0 Å². The molecule has 1 saturated heterocycles. The Morgan fingerprint density at radius 3 is 1.79 bits per heavy atom. The molecule has 2 aromatic carbocycles. The van der Waals surface area contributed by atoms with Crippen LogP contribution in [0.1, 0.15) is 27.1 Å². The van der Waals surface area contributed by atoms with Crippen molar-refractivity contribution in [2.75, 3.05) is 5.88 Å². The zero-order valence-corrected chi connectivity index (χ0v) is 28.1. The number of fused-ring (bicyclic) bond motifs is 5. The van der Waals surface area contributed by atoms with Gasteiger partial charge in [0.15, 0.2) is 10.1 Å². The number of nitrogens with zero attached hydrogens (tertiary/aromatic N) is 2. The molecule has 1 aliphatic heterocycles. The number of rotatable bonds is 7. The molecule has 0 radical (unpaired) electrons. The lowest BCUT2D eigenvalue weighted by atomic mass is 9.84. The number of hydrogen-bond acceptors (Lipinski definition) is 4. The molecule has 0 unspecified atom stereocenters. The van der Waals surface area contributed by atoms with Crippen molar-refractivity contribution >= 4 is 140 Å². The summed E-state index contributed by atoms with van der Waals surface area (Å²) in [4.78, 5) is 52.3. The topological polar surface area (TPSA) is 74.8 Å². The second-order valence-electron chi connectivity index (χ2n) is 9.71. The van der Waals surface area contributed by atoms with Crippen molar-refractivity contribution < 1.29 is 19.2 Å². The summed E-state index contributed by atoms with van der Waals surface area (Å²) >= 11 is 64.2. The van der Waals surface area contributed by atoms with Crippen molar-refractivity contribution in [1.29, 1.82) is 0 Å². The number of amides is 3. The van der Waals surface area contributed by atoms with Gasteiger partial charge in [-0.3, -0.25) is 19.2 Å². The molecule has 16 heteroatoms. The molecule has 6 nitrogen and oxygen atoms in total. The number of carbonyl (C=O) groups is 4. The maximum absolute atomic E-state index is 14.2. The van der Waals surface area contributed by atoms with Crippen LogP contribution in [0.15, 0.2) is 52.5 Å². The highest BCUT2D eigenvalue weighted by molar-refractivity contribution is 6.67. The average Bonchev–Trinajstić information content (AvgIpc) is 3.31. The normalized spacial score (nSPS) is 28.4. The Labute approximate surface area is 289 Å². The van der Waals surface area contributed by atoms with Gasteiger partial charge in [0.1, 0.15) is 15.8 Å². The molecule has 0 N–H and O–H groups in total. The summed E-state index contributed by atoms with van der Waals surface area (Å²) in [6.07, 6.45) is -0.195. The third-order valence-corrected chi connectivity index (χ3v) is 12.9. The lowest BCUT2D eigenvalue weighted by molar-refractivity contribution is -0.157. The van der Waals surface area contributed by atoms with Gasteiger partial charge in [-0.15, -0.1) is 34.8 Å². The number of benzene rings is 2. The highest BCUT2D eigenvalue weighted by Crippen LogP contribution is 2.77. The highest BCUT2D eigenvalue weighted by Gasteiger charge is 2.88. The Morgan fingerprint density at radius 1 is 0.810 bits per heavy atom. The molecule has 5 rings (SSSR count). The molecular weight excluding hydrogens is 759 g/mol. The van der Waals surface area contributed by atoms with Gasteiger partial charge in [0.25, 0.3) is 17.7 Å². The second-order valence-corrected chi connectivity index (χ2v) is 14.6. The van der Waals surface area contributed by atoms with Crippen LogP contribution in [0.5, 0.6) is 0 Å². The van der Waals surface area contributed by atoms with Gasteiger partial charge < -0.3 is 0 Å². The molecule has 1 saturated carbocycles. The second kappa shape index (κ2) is 11.3. The van der Waals surface area contributed by atoms with Gasteiger partial charge in [0, 0.05) is 21.5 Å². The minimum atomic E-state index is -2.20. The number of hydrogen-bond donors (Lipinski definition) is 0. The summed E-state index contributed by atoms with van der Waals surface area (Å²) in [6.45, 7) is 0. The first kappa shape index (κ1) is 32.7. The summed E-state index contributed by atoms with van der Waals surface area (Å²) in [5, 5.41) is 1.01. The van der Waals surface area contributed by atoms with Crippen LogP contribution in [0.4, 0.5) is 0 Å². The molecule has 1 heterocycles. The van der Waals surface area contributed by atoms with Crippen molar-refractivity contribution in [3.05, 3.63) is 78.7 Å². The Kier molecular flexibility index (Phi) is 8.82. The quantitative estimate of drug-likeness (QED) is 0.161. The van der Waals surface area contributed by atoms with Gasteiger partial charge in [-0.05, 0) is 48.9 Å². The lowest BCUT2D eigenvalue weighted by Crippen LogP contribution is -2.60. The zero-order chi connectivity index (χ0) is 31.1. The first-order chi connectivity index (χ1) is 19.6. The third-order valence-electron chi connectivity index (χ3n) is 7.58. The lowest BCUT2D eigenvalue weighted by Gasteiger charge is -2.39. The van der Waals surface area contributed by atoms with Crippen molar-refractivity contribution in [2.24, 2.45) is 11.8 Å². The van der Waals surface area contributed by atoms with Crippen LogP contribution >= 0.6 is 116 Å². The first-order valence-electron chi connectivity index (χ1n) is 11.9. The van der Waals surface area contributed by atoms with Crippen LogP contribution in [-0.4, -0.2) is 59.5 Å². The molecule has 2 aliphatic carbocycles. The molecule has 2 bridgehead atoms. The minimum Gasteiger partial charge on any atom is -0.292 e. The van der Waals surface area contributed by atoms with E-state index in [0.29, 0.717) is 15.0 Å². The predicted molar refractivity (Wildman–Crippen MR) is 167 cm³/mol. The molecule has 3 amide bonds. The Bertz CT molecular complexity index is 1540. The van der Waals surface area contributed by atoms with E-state index >= 15 is 0 Å². The molecule has 2 fully saturated rings. The van der Waals surface area contributed by atoms with Gasteiger partial charge in [0.2, 0.25) is 0 Å². The zero-order valence-electron chi connectivity index (χ0n) is 20.5. The van der Waals surface area contributed by atoms with E-state index in [-0.39, 0.29) is 43.5 Å². The number of imide groups is 1. The Morgan fingerprint density at radius 2 is 1.31 bits per heavy atom. The van der Waals surface area contributed by atoms with Crippen LogP contribution in [0, 0.1) is 11.8 Å². The largest absolute Gasteiger partial charge is 0.292 e. The maximum atomic E-state index is 14.2. The molecule has 5 atom stereocenters. The van der Waals surface area contributed by atoms with Crippen LogP contribution in [0.3, 0.4) is 0 Å². The number of halogens is 10. The van der Waals surface area contributed by atoms with Crippen LogP contribution in [0.2, 0.25) is 15.1 Å².